The number of nitrogens with one attached hydrogen (secondary N) is 1. The normalized spacial score (nSPS) is 12.3. The van der Waals surface area contributed by atoms with E-state index in [0.29, 0.717) is 6.42 Å². The van der Waals surface area contributed by atoms with Crippen molar-refractivity contribution in [1.29, 1.82) is 0 Å². The van der Waals surface area contributed by atoms with E-state index in [9.17, 15) is 26.7 Å². The summed E-state index contributed by atoms with van der Waals surface area (Å²) in [5.41, 5.74) is -1.47. The van der Waals surface area contributed by atoms with Crippen LogP contribution in [0.3, 0.4) is 0 Å². The van der Waals surface area contributed by atoms with E-state index >= 15 is 0 Å². The van der Waals surface area contributed by atoms with Crippen LogP contribution in [0.1, 0.15) is 30.1 Å². The van der Waals surface area contributed by atoms with Gasteiger partial charge < -0.3 is 5.32 Å². The molecule has 1 N–H and O–H groups in total. The molecule has 0 saturated heterocycles. The Kier molecular flexibility index (Phi) is 5.91. The van der Waals surface area contributed by atoms with Gasteiger partial charge in [0.2, 0.25) is 5.82 Å². The first-order valence-electron chi connectivity index (χ1n) is 5.74. The third-order valence-corrected chi connectivity index (χ3v) is 3.30. The maximum Gasteiger partial charge on any atom is 0.257 e. The van der Waals surface area contributed by atoms with Crippen LogP contribution >= 0.6 is 15.9 Å². The Hall–Kier alpha value is -1.18. The third kappa shape index (κ3) is 3.47. The van der Waals surface area contributed by atoms with Crippen LogP contribution in [0, 0.1) is 29.1 Å². The average molecular weight is 360 g/mol. The Morgan fingerprint density at radius 2 is 1.50 bits per heavy atom. The van der Waals surface area contributed by atoms with Crippen LogP contribution in [0.2, 0.25) is 0 Å². The molecule has 0 spiro atoms. The van der Waals surface area contributed by atoms with E-state index in [0.717, 1.165) is 6.42 Å². The van der Waals surface area contributed by atoms with Crippen molar-refractivity contribution in [3.8, 4) is 0 Å². The fraction of sp³-hybridized carbons (Fsp3) is 0.417. The van der Waals surface area contributed by atoms with Crippen LogP contribution in [-0.4, -0.2) is 17.3 Å². The second-order valence-electron chi connectivity index (χ2n) is 4.04. The lowest BCUT2D eigenvalue weighted by Crippen LogP contribution is -2.31. The van der Waals surface area contributed by atoms with Gasteiger partial charge in [0.1, 0.15) is 5.56 Å². The number of halogens is 6. The molecular weight excluding hydrogens is 349 g/mol. The number of alkyl halides is 1. The molecule has 0 aromatic heterocycles. The molecule has 0 radical (unpaired) electrons. The molecule has 1 aromatic rings. The predicted octanol–water partition coefficient (Wildman–Crippen LogP) is 3.68. The SMILES string of the molecule is CCCC(Br)CNC(=O)c1c(F)c(F)c(F)c(F)c1F. The summed E-state index contributed by atoms with van der Waals surface area (Å²) in [7, 11) is 0. The zero-order chi connectivity index (χ0) is 15.4. The van der Waals surface area contributed by atoms with Crippen molar-refractivity contribution in [2.45, 2.75) is 24.6 Å². The standard InChI is InChI=1S/C12H11BrF5NO/c1-2-3-5(13)4-19-12(20)6-7(14)9(16)11(18)10(17)8(6)15/h5H,2-4H2,1H3,(H,19,20). The minimum absolute atomic E-state index is 0.00612. The molecule has 1 atom stereocenters. The van der Waals surface area contributed by atoms with Crippen LogP contribution < -0.4 is 5.32 Å². The highest BCUT2D eigenvalue weighted by atomic mass is 79.9. The van der Waals surface area contributed by atoms with Crippen molar-refractivity contribution in [2.75, 3.05) is 6.54 Å². The van der Waals surface area contributed by atoms with E-state index in [-0.39, 0.29) is 11.4 Å². The molecular formula is C12H11BrF5NO. The highest BCUT2D eigenvalue weighted by Gasteiger charge is 2.29. The largest absolute Gasteiger partial charge is 0.351 e. The molecule has 2 nitrogen and oxygen atoms in total. The topological polar surface area (TPSA) is 29.1 Å². The van der Waals surface area contributed by atoms with E-state index in [2.05, 4.69) is 21.2 Å². The summed E-state index contributed by atoms with van der Waals surface area (Å²) in [6, 6.07) is 0. The highest BCUT2D eigenvalue weighted by molar-refractivity contribution is 9.09. The number of amides is 1. The molecule has 0 aliphatic rings. The summed E-state index contributed by atoms with van der Waals surface area (Å²) in [4.78, 5) is 11.4. The molecule has 0 bridgehead atoms. The van der Waals surface area contributed by atoms with Gasteiger partial charge in [-0.1, -0.05) is 29.3 Å². The number of hydrogen-bond acceptors (Lipinski definition) is 1. The molecule has 20 heavy (non-hydrogen) atoms. The number of carbonyl (C=O) groups is 1. The number of carbonyl (C=O) groups excluding carboxylic acids is 1. The zero-order valence-corrected chi connectivity index (χ0v) is 12.0. The van der Waals surface area contributed by atoms with Gasteiger partial charge in [-0.2, -0.15) is 0 Å². The van der Waals surface area contributed by atoms with Crippen molar-refractivity contribution in [2.24, 2.45) is 0 Å². The molecule has 0 aliphatic carbocycles. The molecule has 0 fully saturated rings. The molecule has 8 heteroatoms. The molecule has 0 saturated carbocycles. The van der Waals surface area contributed by atoms with Gasteiger partial charge in [0.05, 0.1) is 0 Å². The smallest absolute Gasteiger partial charge is 0.257 e. The minimum atomic E-state index is -2.29. The summed E-state index contributed by atoms with van der Waals surface area (Å²) in [6.45, 7) is 1.90. The lowest BCUT2D eigenvalue weighted by Gasteiger charge is -2.12. The van der Waals surface area contributed by atoms with Crippen molar-refractivity contribution in [3.63, 3.8) is 0 Å². The van der Waals surface area contributed by atoms with Crippen molar-refractivity contribution in [3.05, 3.63) is 34.6 Å². The Balaban J connectivity index is 3.00. The Morgan fingerprint density at radius 3 is 1.95 bits per heavy atom. The van der Waals surface area contributed by atoms with Gasteiger partial charge in [0.25, 0.3) is 5.91 Å². The number of benzene rings is 1. The van der Waals surface area contributed by atoms with Gasteiger partial charge in [-0.15, -0.1) is 0 Å². The Labute approximate surface area is 120 Å². The maximum atomic E-state index is 13.3. The van der Waals surface area contributed by atoms with Crippen LogP contribution in [0.15, 0.2) is 0 Å². The zero-order valence-electron chi connectivity index (χ0n) is 10.4. The van der Waals surface area contributed by atoms with Crippen LogP contribution in [0.4, 0.5) is 22.0 Å². The first-order valence-corrected chi connectivity index (χ1v) is 6.66. The first kappa shape index (κ1) is 16.9. The van der Waals surface area contributed by atoms with Crippen LogP contribution in [0.5, 0.6) is 0 Å². The molecule has 1 amide bonds. The summed E-state index contributed by atoms with van der Waals surface area (Å²) in [5.74, 6) is -12.2. The fourth-order valence-electron chi connectivity index (χ4n) is 1.51. The lowest BCUT2D eigenvalue weighted by atomic mass is 10.1. The Bertz CT molecular complexity index is 494. The van der Waals surface area contributed by atoms with Crippen molar-refractivity contribution in [1.82, 2.24) is 5.32 Å². The summed E-state index contributed by atoms with van der Waals surface area (Å²) in [6.07, 6.45) is 1.48. The van der Waals surface area contributed by atoms with Crippen molar-refractivity contribution >= 4 is 21.8 Å². The fourth-order valence-corrected chi connectivity index (χ4v) is 2.13. The molecule has 1 rings (SSSR count). The summed E-state index contributed by atoms with van der Waals surface area (Å²) in [5, 5.41) is 2.12. The van der Waals surface area contributed by atoms with Gasteiger partial charge in [-0.3, -0.25) is 4.79 Å². The van der Waals surface area contributed by atoms with Gasteiger partial charge in [0.15, 0.2) is 23.3 Å². The highest BCUT2D eigenvalue weighted by Crippen LogP contribution is 2.23. The van der Waals surface area contributed by atoms with E-state index in [4.69, 9.17) is 0 Å². The molecule has 0 aliphatic heterocycles. The summed E-state index contributed by atoms with van der Waals surface area (Å²) < 4.78 is 65.3. The van der Waals surface area contributed by atoms with Gasteiger partial charge >= 0.3 is 0 Å². The Morgan fingerprint density at radius 1 is 1.05 bits per heavy atom. The monoisotopic (exact) mass is 359 g/mol. The average Bonchev–Trinajstić information content (AvgIpc) is 2.41. The van der Waals surface area contributed by atoms with Gasteiger partial charge in [-0.25, -0.2) is 22.0 Å². The van der Waals surface area contributed by atoms with Gasteiger partial charge in [-0.05, 0) is 6.42 Å². The minimum Gasteiger partial charge on any atom is -0.351 e. The number of hydrogen-bond donors (Lipinski definition) is 1. The molecule has 0 heterocycles. The van der Waals surface area contributed by atoms with E-state index in [1.54, 1.807) is 0 Å². The van der Waals surface area contributed by atoms with E-state index in [1.807, 2.05) is 6.92 Å². The van der Waals surface area contributed by atoms with Crippen LogP contribution in [0.25, 0.3) is 0 Å². The quantitative estimate of drug-likeness (QED) is 0.369. The summed E-state index contributed by atoms with van der Waals surface area (Å²) >= 11 is 3.21. The van der Waals surface area contributed by atoms with Gasteiger partial charge in [0, 0.05) is 11.4 Å². The molecule has 1 unspecified atom stereocenters. The second kappa shape index (κ2) is 7.01. The number of rotatable bonds is 5. The lowest BCUT2D eigenvalue weighted by molar-refractivity contribution is 0.0942. The molecule has 112 valence electrons. The van der Waals surface area contributed by atoms with E-state index in [1.165, 1.54) is 0 Å². The van der Waals surface area contributed by atoms with Crippen LogP contribution in [-0.2, 0) is 0 Å². The molecule has 1 aromatic carbocycles. The predicted molar refractivity (Wildman–Crippen MR) is 66.2 cm³/mol. The second-order valence-corrected chi connectivity index (χ2v) is 5.34. The first-order chi connectivity index (χ1) is 9.31. The van der Waals surface area contributed by atoms with Crippen molar-refractivity contribution < 1.29 is 26.7 Å². The third-order valence-electron chi connectivity index (χ3n) is 2.52. The van der Waals surface area contributed by atoms with E-state index < -0.39 is 40.6 Å². The maximum absolute atomic E-state index is 13.3.